The van der Waals surface area contributed by atoms with Crippen LogP contribution in [0.5, 0.6) is 0 Å². The molecule has 0 unspecified atom stereocenters. The van der Waals surface area contributed by atoms with Gasteiger partial charge in [-0.05, 0) is 42.7 Å². The smallest absolute Gasteiger partial charge is 0.228 e. The Morgan fingerprint density at radius 2 is 1.89 bits per heavy atom. The van der Waals surface area contributed by atoms with Gasteiger partial charge in [0.1, 0.15) is 5.82 Å². The lowest BCUT2D eigenvalue weighted by atomic mass is 10.1. The third-order valence-corrected chi connectivity index (χ3v) is 5.61. The quantitative estimate of drug-likeness (QED) is 0.641. The monoisotopic (exact) mass is 414 g/mol. The van der Waals surface area contributed by atoms with Gasteiger partial charge in [-0.1, -0.05) is 47.8 Å². The molecule has 0 saturated heterocycles. The van der Waals surface area contributed by atoms with Crippen molar-refractivity contribution in [3.05, 3.63) is 63.9 Å². The molecule has 1 N–H and O–H groups in total. The highest BCUT2D eigenvalue weighted by atomic mass is 35.5. The van der Waals surface area contributed by atoms with Gasteiger partial charge >= 0.3 is 0 Å². The maximum atomic E-state index is 12.5. The zero-order valence-corrected chi connectivity index (χ0v) is 16.8. The summed E-state index contributed by atoms with van der Waals surface area (Å²) in [5.41, 5.74) is 2.24. The van der Waals surface area contributed by atoms with E-state index >= 15 is 0 Å². The number of nitrogens with one attached hydrogen (secondary N) is 1. The van der Waals surface area contributed by atoms with Crippen molar-refractivity contribution in [2.75, 3.05) is 5.32 Å². The summed E-state index contributed by atoms with van der Waals surface area (Å²) in [7, 11) is 0. The average molecular weight is 415 g/mol. The van der Waals surface area contributed by atoms with Crippen molar-refractivity contribution in [3.8, 4) is 11.4 Å². The largest absolute Gasteiger partial charge is 0.326 e. The van der Waals surface area contributed by atoms with E-state index in [-0.39, 0.29) is 12.3 Å². The van der Waals surface area contributed by atoms with E-state index in [1.807, 2.05) is 24.3 Å². The molecule has 0 fully saturated rings. The summed E-state index contributed by atoms with van der Waals surface area (Å²) in [6.07, 6.45) is 4.56. The van der Waals surface area contributed by atoms with Crippen LogP contribution in [-0.2, 0) is 24.2 Å². The second-order valence-electron chi connectivity index (χ2n) is 6.91. The topological polar surface area (TPSA) is 59.8 Å². The van der Waals surface area contributed by atoms with Gasteiger partial charge in [-0.3, -0.25) is 4.79 Å². The SMILES string of the molecule is O=C(Cc1ccccc1Cl)Nc1ccc(Cl)c(-c2nnc3n2CCCCC3)c1. The molecule has 0 spiro atoms. The highest BCUT2D eigenvalue weighted by Crippen LogP contribution is 2.31. The van der Waals surface area contributed by atoms with Crippen LogP contribution < -0.4 is 5.32 Å². The van der Waals surface area contributed by atoms with Crippen LogP contribution >= 0.6 is 23.2 Å². The Morgan fingerprint density at radius 3 is 2.75 bits per heavy atom. The zero-order valence-electron chi connectivity index (χ0n) is 15.3. The number of hydrogen-bond donors (Lipinski definition) is 1. The molecule has 4 rings (SSSR count). The van der Waals surface area contributed by atoms with E-state index in [4.69, 9.17) is 23.2 Å². The number of halogens is 2. The Balaban J connectivity index is 1.57. The molecular formula is C21H20Cl2N4O. The van der Waals surface area contributed by atoms with Crippen molar-refractivity contribution in [3.63, 3.8) is 0 Å². The number of aromatic nitrogens is 3. The first-order valence-electron chi connectivity index (χ1n) is 9.37. The number of amides is 1. The standard InChI is InChI=1S/C21H20Cl2N4O/c22-17-7-4-3-6-14(17)12-20(28)24-15-9-10-18(23)16(13-15)21-26-25-19-8-2-1-5-11-27(19)21/h3-4,6-7,9-10,13H,1-2,5,8,11-12H2,(H,24,28). The Morgan fingerprint density at radius 1 is 1.04 bits per heavy atom. The molecule has 1 aliphatic rings. The van der Waals surface area contributed by atoms with Crippen molar-refractivity contribution in [1.29, 1.82) is 0 Å². The van der Waals surface area contributed by atoms with E-state index in [2.05, 4.69) is 20.1 Å². The molecule has 0 saturated carbocycles. The second kappa shape index (κ2) is 8.33. The van der Waals surface area contributed by atoms with Crippen LogP contribution in [-0.4, -0.2) is 20.7 Å². The van der Waals surface area contributed by atoms with Gasteiger partial charge in [0.25, 0.3) is 0 Å². The average Bonchev–Trinajstić information content (AvgIpc) is 2.93. The molecule has 3 aromatic rings. The number of carbonyl (C=O) groups excluding carboxylic acids is 1. The van der Waals surface area contributed by atoms with Gasteiger partial charge in [-0.2, -0.15) is 0 Å². The first kappa shape index (κ1) is 19.0. The summed E-state index contributed by atoms with van der Waals surface area (Å²) in [6.45, 7) is 0.886. The van der Waals surface area contributed by atoms with Crippen LogP contribution in [0.1, 0.15) is 30.7 Å². The van der Waals surface area contributed by atoms with E-state index in [0.29, 0.717) is 15.7 Å². The molecule has 7 heteroatoms. The third kappa shape index (κ3) is 4.05. The van der Waals surface area contributed by atoms with E-state index < -0.39 is 0 Å². The summed E-state index contributed by atoms with van der Waals surface area (Å²) in [6, 6.07) is 12.8. The van der Waals surface area contributed by atoms with Crippen LogP contribution in [0.3, 0.4) is 0 Å². The maximum Gasteiger partial charge on any atom is 0.228 e. The fraction of sp³-hybridized carbons (Fsp3) is 0.286. The summed E-state index contributed by atoms with van der Waals surface area (Å²) in [5.74, 6) is 1.61. The van der Waals surface area contributed by atoms with E-state index in [1.165, 1.54) is 6.42 Å². The highest BCUT2D eigenvalue weighted by Gasteiger charge is 2.18. The molecule has 1 aliphatic heterocycles. The van der Waals surface area contributed by atoms with Crippen LogP contribution in [0.4, 0.5) is 5.69 Å². The van der Waals surface area contributed by atoms with Crippen molar-refractivity contribution in [2.45, 2.75) is 38.6 Å². The Bertz CT molecular complexity index is 1020. The van der Waals surface area contributed by atoms with Gasteiger partial charge in [0.2, 0.25) is 5.91 Å². The van der Waals surface area contributed by atoms with Crippen LogP contribution in [0.15, 0.2) is 42.5 Å². The van der Waals surface area contributed by atoms with E-state index in [1.54, 1.807) is 18.2 Å². The van der Waals surface area contributed by atoms with Gasteiger partial charge in [-0.25, -0.2) is 0 Å². The number of nitrogens with zero attached hydrogens (tertiary/aromatic N) is 3. The van der Waals surface area contributed by atoms with E-state index in [0.717, 1.165) is 48.6 Å². The van der Waals surface area contributed by atoms with Crippen molar-refractivity contribution in [2.24, 2.45) is 0 Å². The summed E-state index contributed by atoms with van der Waals surface area (Å²) >= 11 is 12.6. The van der Waals surface area contributed by atoms with Gasteiger partial charge < -0.3 is 9.88 Å². The molecule has 144 valence electrons. The molecule has 1 aromatic heterocycles. The molecular weight excluding hydrogens is 395 g/mol. The minimum atomic E-state index is -0.138. The Labute approximate surface area is 173 Å². The summed E-state index contributed by atoms with van der Waals surface area (Å²) in [5, 5.41) is 12.8. The molecule has 28 heavy (non-hydrogen) atoms. The number of carbonyl (C=O) groups is 1. The lowest BCUT2D eigenvalue weighted by Crippen LogP contribution is -2.14. The van der Waals surface area contributed by atoms with Gasteiger partial charge in [0.05, 0.1) is 11.4 Å². The molecule has 0 bridgehead atoms. The minimum Gasteiger partial charge on any atom is -0.326 e. The van der Waals surface area contributed by atoms with E-state index in [9.17, 15) is 4.79 Å². The summed E-state index contributed by atoms with van der Waals surface area (Å²) < 4.78 is 2.14. The van der Waals surface area contributed by atoms with Gasteiger partial charge in [0, 0.05) is 29.2 Å². The van der Waals surface area contributed by atoms with Crippen LogP contribution in [0, 0.1) is 0 Å². The first-order chi connectivity index (χ1) is 13.6. The fourth-order valence-corrected chi connectivity index (χ4v) is 3.88. The summed E-state index contributed by atoms with van der Waals surface area (Å²) in [4.78, 5) is 12.5. The molecule has 0 aliphatic carbocycles. The number of aryl methyl sites for hydroxylation is 1. The van der Waals surface area contributed by atoms with Crippen molar-refractivity contribution >= 4 is 34.8 Å². The number of anilines is 1. The number of fused-ring (bicyclic) bond motifs is 1. The lowest BCUT2D eigenvalue weighted by Gasteiger charge is -2.11. The maximum absolute atomic E-state index is 12.5. The van der Waals surface area contributed by atoms with Gasteiger partial charge in [-0.15, -0.1) is 10.2 Å². The van der Waals surface area contributed by atoms with Crippen LogP contribution in [0.2, 0.25) is 10.0 Å². The predicted octanol–water partition coefficient (Wildman–Crippen LogP) is 5.16. The number of hydrogen-bond acceptors (Lipinski definition) is 3. The molecule has 1 amide bonds. The Kier molecular flexibility index (Phi) is 5.64. The fourth-order valence-electron chi connectivity index (χ4n) is 3.48. The normalized spacial score (nSPS) is 13.6. The third-order valence-electron chi connectivity index (χ3n) is 4.91. The molecule has 0 radical (unpaired) electrons. The highest BCUT2D eigenvalue weighted by molar-refractivity contribution is 6.33. The zero-order chi connectivity index (χ0) is 19.5. The molecule has 2 heterocycles. The predicted molar refractivity (Wildman–Crippen MR) is 112 cm³/mol. The molecule has 5 nitrogen and oxygen atoms in total. The number of benzene rings is 2. The number of rotatable bonds is 4. The van der Waals surface area contributed by atoms with Gasteiger partial charge in [0.15, 0.2) is 5.82 Å². The van der Waals surface area contributed by atoms with Crippen molar-refractivity contribution in [1.82, 2.24) is 14.8 Å². The van der Waals surface area contributed by atoms with Crippen molar-refractivity contribution < 1.29 is 4.79 Å². The Hall–Kier alpha value is -2.37. The first-order valence-corrected chi connectivity index (χ1v) is 10.1. The molecule has 0 atom stereocenters. The minimum absolute atomic E-state index is 0.138. The molecule has 2 aromatic carbocycles. The lowest BCUT2D eigenvalue weighted by molar-refractivity contribution is -0.115. The van der Waals surface area contributed by atoms with Crippen LogP contribution in [0.25, 0.3) is 11.4 Å². The second-order valence-corrected chi connectivity index (χ2v) is 7.73.